The third-order valence-corrected chi connectivity index (χ3v) is 5.49. The minimum Gasteiger partial charge on any atom is -0.297 e. The number of hydrogen-bond acceptors (Lipinski definition) is 2. The Morgan fingerprint density at radius 1 is 1.26 bits per heavy atom. The Morgan fingerprint density at radius 2 is 1.96 bits per heavy atom. The summed E-state index contributed by atoms with van der Waals surface area (Å²) in [5, 5.41) is 1.35. The van der Waals surface area contributed by atoms with Crippen molar-refractivity contribution < 1.29 is 0 Å². The number of likely N-dealkylation sites (tertiary alicyclic amines) is 1. The Balaban J connectivity index is 2.13. The molecule has 0 spiro atoms. The van der Waals surface area contributed by atoms with E-state index in [2.05, 4.69) is 50.5 Å². The van der Waals surface area contributed by atoms with E-state index in [4.69, 9.17) is 23.2 Å². The number of hydrogen-bond donors (Lipinski definition) is 0. The van der Waals surface area contributed by atoms with Gasteiger partial charge in [-0.3, -0.25) is 9.80 Å². The van der Waals surface area contributed by atoms with Gasteiger partial charge in [0, 0.05) is 37.8 Å². The fraction of sp³-hybridized carbons (Fsp3) is 0.684. The average molecular weight is 357 g/mol. The molecule has 0 saturated carbocycles. The second-order valence-electron chi connectivity index (χ2n) is 8.10. The molecule has 0 amide bonds. The highest BCUT2D eigenvalue weighted by molar-refractivity contribution is 6.42. The Kier molecular flexibility index (Phi) is 6.41. The normalized spacial score (nSPS) is 20.0. The van der Waals surface area contributed by atoms with Crippen LogP contribution in [0, 0.1) is 5.92 Å². The van der Waals surface area contributed by atoms with Crippen molar-refractivity contribution in [2.45, 2.75) is 59.2 Å². The van der Waals surface area contributed by atoms with Crippen LogP contribution in [0.2, 0.25) is 10.0 Å². The Labute approximate surface area is 151 Å². The molecule has 1 saturated heterocycles. The summed E-state index contributed by atoms with van der Waals surface area (Å²) in [6.07, 6.45) is 1.22. The van der Waals surface area contributed by atoms with Crippen LogP contribution in [-0.4, -0.2) is 41.0 Å². The van der Waals surface area contributed by atoms with Crippen LogP contribution >= 0.6 is 23.2 Å². The van der Waals surface area contributed by atoms with Gasteiger partial charge in [0.05, 0.1) is 10.0 Å². The second-order valence-corrected chi connectivity index (χ2v) is 8.88. The highest BCUT2D eigenvalue weighted by Crippen LogP contribution is 2.29. The van der Waals surface area contributed by atoms with Crippen LogP contribution in [0.15, 0.2) is 18.2 Å². The third-order valence-electron chi connectivity index (χ3n) is 4.63. The van der Waals surface area contributed by atoms with Gasteiger partial charge in [0.25, 0.3) is 0 Å². The molecule has 0 aromatic heterocycles. The van der Waals surface area contributed by atoms with Crippen LogP contribution in [0.3, 0.4) is 0 Å². The fourth-order valence-electron chi connectivity index (χ4n) is 3.35. The predicted octanol–water partition coefficient (Wildman–Crippen LogP) is 5.32. The van der Waals surface area contributed by atoms with Crippen LogP contribution in [0.4, 0.5) is 0 Å². The van der Waals surface area contributed by atoms with Gasteiger partial charge in [-0.1, -0.05) is 49.2 Å². The standard InChI is InChI=1S/C19H30Cl2N2/c1-14(2)11-22(12-15-7-6-8-17(20)18(15)21)16-9-10-23(13-16)19(3,4)5/h6-8,14,16H,9-13H2,1-5H3/t16-/m0/s1. The first-order valence-electron chi connectivity index (χ1n) is 8.60. The van der Waals surface area contributed by atoms with Gasteiger partial charge in [-0.2, -0.15) is 0 Å². The van der Waals surface area contributed by atoms with Crippen LogP contribution in [0.5, 0.6) is 0 Å². The number of nitrogens with zero attached hydrogens (tertiary/aromatic N) is 2. The van der Waals surface area contributed by atoms with E-state index in [9.17, 15) is 0 Å². The van der Waals surface area contributed by atoms with Gasteiger partial charge in [0.1, 0.15) is 0 Å². The van der Waals surface area contributed by atoms with E-state index < -0.39 is 0 Å². The van der Waals surface area contributed by atoms with Crippen LogP contribution < -0.4 is 0 Å². The average Bonchev–Trinajstić information content (AvgIpc) is 2.92. The molecule has 4 heteroatoms. The molecular formula is C19H30Cl2N2. The van der Waals surface area contributed by atoms with Crippen LogP contribution in [0.25, 0.3) is 0 Å². The third kappa shape index (κ3) is 5.09. The van der Waals surface area contributed by atoms with E-state index in [0.29, 0.717) is 22.0 Å². The first kappa shape index (κ1) is 19.1. The van der Waals surface area contributed by atoms with E-state index in [1.54, 1.807) is 0 Å². The summed E-state index contributed by atoms with van der Waals surface area (Å²) < 4.78 is 0. The zero-order chi connectivity index (χ0) is 17.2. The lowest BCUT2D eigenvalue weighted by Crippen LogP contribution is -2.44. The molecule has 0 bridgehead atoms. The molecule has 0 N–H and O–H groups in total. The van der Waals surface area contributed by atoms with Gasteiger partial charge in [0.2, 0.25) is 0 Å². The molecule has 1 aromatic carbocycles. The van der Waals surface area contributed by atoms with Crippen molar-refractivity contribution in [3.8, 4) is 0 Å². The first-order valence-corrected chi connectivity index (χ1v) is 9.36. The van der Waals surface area contributed by atoms with E-state index in [-0.39, 0.29) is 5.54 Å². The van der Waals surface area contributed by atoms with Gasteiger partial charge >= 0.3 is 0 Å². The van der Waals surface area contributed by atoms with Crippen molar-refractivity contribution in [2.24, 2.45) is 5.92 Å². The molecule has 0 radical (unpaired) electrons. The van der Waals surface area contributed by atoms with Crippen molar-refractivity contribution >= 4 is 23.2 Å². The summed E-state index contributed by atoms with van der Waals surface area (Å²) >= 11 is 12.6. The molecule has 0 aliphatic carbocycles. The molecule has 1 aliphatic heterocycles. The number of benzene rings is 1. The van der Waals surface area contributed by atoms with Crippen molar-refractivity contribution in [1.82, 2.24) is 9.80 Å². The summed E-state index contributed by atoms with van der Waals surface area (Å²) in [7, 11) is 0. The SMILES string of the molecule is CC(C)CN(Cc1cccc(Cl)c1Cl)[C@H]1CCN(C(C)(C)C)C1. The number of rotatable bonds is 5. The summed E-state index contributed by atoms with van der Waals surface area (Å²) in [6.45, 7) is 15.7. The van der Waals surface area contributed by atoms with Crippen molar-refractivity contribution in [3.05, 3.63) is 33.8 Å². The smallest absolute Gasteiger partial charge is 0.0637 e. The molecule has 1 heterocycles. The maximum absolute atomic E-state index is 6.41. The van der Waals surface area contributed by atoms with Gasteiger partial charge in [-0.25, -0.2) is 0 Å². The van der Waals surface area contributed by atoms with E-state index in [1.807, 2.05) is 12.1 Å². The maximum atomic E-state index is 6.41. The molecule has 1 atom stereocenters. The second kappa shape index (κ2) is 7.74. The van der Waals surface area contributed by atoms with Crippen molar-refractivity contribution in [2.75, 3.05) is 19.6 Å². The van der Waals surface area contributed by atoms with Gasteiger partial charge in [-0.15, -0.1) is 0 Å². The molecule has 1 aliphatic rings. The highest BCUT2D eigenvalue weighted by atomic mass is 35.5. The van der Waals surface area contributed by atoms with E-state index in [0.717, 1.165) is 25.2 Å². The lowest BCUT2D eigenvalue weighted by Gasteiger charge is -2.34. The highest BCUT2D eigenvalue weighted by Gasteiger charge is 2.33. The summed E-state index contributed by atoms with van der Waals surface area (Å²) in [5.41, 5.74) is 1.38. The Morgan fingerprint density at radius 3 is 2.52 bits per heavy atom. The van der Waals surface area contributed by atoms with Crippen LogP contribution in [0.1, 0.15) is 46.6 Å². The summed E-state index contributed by atoms with van der Waals surface area (Å²) in [6, 6.07) is 6.54. The summed E-state index contributed by atoms with van der Waals surface area (Å²) in [4.78, 5) is 5.18. The predicted molar refractivity (Wildman–Crippen MR) is 101 cm³/mol. The zero-order valence-corrected chi connectivity index (χ0v) is 16.6. The number of halogens is 2. The molecule has 0 unspecified atom stereocenters. The largest absolute Gasteiger partial charge is 0.297 e. The first-order chi connectivity index (χ1) is 10.7. The Hall–Kier alpha value is -0.280. The van der Waals surface area contributed by atoms with Crippen LogP contribution in [-0.2, 0) is 6.54 Å². The van der Waals surface area contributed by atoms with Gasteiger partial charge in [0.15, 0.2) is 0 Å². The monoisotopic (exact) mass is 356 g/mol. The lowest BCUT2D eigenvalue weighted by molar-refractivity contribution is 0.131. The molecule has 1 fully saturated rings. The topological polar surface area (TPSA) is 6.48 Å². The van der Waals surface area contributed by atoms with Gasteiger partial charge in [-0.05, 0) is 44.7 Å². The van der Waals surface area contributed by atoms with E-state index in [1.165, 1.54) is 13.0 Å². The fourth-order valence-corrected chi connectivity index (χ4v) is 3.73. The molecule has 23 heavy (non-hydrogen) atoms. The minimum atomic E-state index is 0.242. The van der Waals surface area contributed by atoms with E-state index >= 15 is 0 Å². The molecule has 1 aromatic rings. The zero-order valence-electron chi connectivity index (χ0n) is 15.1. The quantitative estimate of drug-likeness (QED) is 0.703. The Bertz CT molecular complexity index is 523. The summed E-state index contributed by atoms with van der Waals surface area (Å²) in [5.74, 6) is 0.636. The minimum absolute atomic E-state index is 0.242. The van der Waals surface area contributed by atoms with Crippen molar-refractivity contribution in [1.29, 1.82) is 0 Å². The molecular weight excluding hydrogens is 327 g/mol. The lowest BCUT2D eigenvalue weighted by atomic mass is 10.1. The molecule has 2 nitrogen and oxygen atoms in total. The van der Waals surface area contributed by atoms with Crippen molar-refractivity contribution in [3.63, 3.8) is 0 Å². The maximum Gasteiger partial charge on any atom is 0.0637 e. The molecule has 130 valence electrons. The molecule has 2 rings (SSSR count). The van der Waals surface area contributed by atoms with Gasteiger partial charge < -0.3 is 0 Å².